The minimum absolute atomic E-state index is 0.0804. The number of imidazole rings is 1. The van der Waals surface area contributed by atoms with E-state index >= 15 is 0 Å². The van der Waals surface area contributed by atoms with Crippen molar-refractivity contribution in [1.82, 2.24) is 19.7 Å². The van der Waals surface area contributed by atoms with Gasteiger partial charge in [-0.1, -0.05) is 77.4 Å². The summed E-state index contributed by atoms with van der Waals surface area (Å²) in [5, 5.41) is 31.1. The van der Waals surface area contributed by atoms with Gasteiger partial charge in [-0.05, 0) is 42.2 Å². The van der Waals surface area contributed by atoms with Gasteiger partial charge in [0.1, 0.15) is 42.2 Å². The molecule has 9 nitrogen and oxygen atoms in total. The third kappa shape index (κ3) is 6.64. The lowest BCUT2D eigenvalue weighted by atomic mass is 10.1. The van der Waals surface area contributed by atoms with E-state index in [2.05, 4.69) is 9.97 Å². The first-order valence-electron chi connectivity index (χ1n) is 12.8. The Kier molecular flexibility index (Phi) is 9.51. The standard InChI is InChI=1S/C30H26Cl2N4O5S/c1-42-30-33-11-10-25(34-30)27-28(19-8-5-9-21(12-19)40-16-18-6-3-2-4-7-18)36(39)29(35-27)26-23(31)13-22(14-24(26)32)41-17-20(38)15-37/h2-14,20,37-39H,15-17H2,1H3. The van der Waals surface area contributed by atoms with Gasteiger partial charge in [-0.25, -0.2) is 15.0 Å². The maximum atomic E-state index is 11.6. The highest BCUT2D eigenvalue weighted by atomic mass is 35.5. The molecule has 0 spiro atoms. The van der Waals surface area contributed by atoms with Gasteiger partial charge in [-0.15, -0.1) is 0 Å². The molecule has 42 heavy (non-hydrogen) atoms. The van der Waals surface area contributed by atoms with E-state index in [-0.39, 0.29) is 33.8 Å². The van der Waals surface area contributed by atoms with Gasteiger partial charge in [0, 0.05) is 11.8 Å². The van der Waals surface area contributed by atoms with Gasteiger partial charge in [0.2, 0.25) is 0 Å². The van der Waals surface area contributed by atoms with Crippen molar-refractivity contribution >= 4 is 35.0 Å². The molecule has 1 unspecified atom stereocenters. The molecule has 5 rings (SSSR count). The SMILES string of the molecule is CSc1nccc(-c2nc(-c3c(Cl)cc(OCC(O)CO)cc3Cl)n(O)c2-c2cccc(OCc3ccccc3)c2)n1. The van der Waals surface area contributed by atoms with Gasteiger partial charge in [-0.2, -0.15) is 4.73 Å². The summed E-state index contributed by atoms with van der Waals surface area (Å²) in [5.74, 6) is 0.957. The first-order valence-corrected chi connectivity index (χ1v) is 14.7. The average Bonchev–Trinajstić information content (AvgIpc) is 3.35. The number of rotatable bonds is 11. The summed E-state index contributed by atoms with van der Waals surface area (Å²) < 4.78 is 12.5. The lowest BCUT2D eigenvalue weighted by Gasteiger charge is -2.13. The van der Waals surface area contributed by atoms with Crippen molar-refractivity contribution in [2.24, 2.45) is 0 Å². The Bertz CT molecular complexity index is 1660. The number of halogens is 2. The molecule has 3 aromatic carbocycles. The number of ether oxygens (including phenoxy) is 2. The van der Waals surface area contributed by atoms with Crippen molar-refractivity contribution in [3.8, 4) is 45.5 Å². The lowest BCUT2D eigenvalue weighted by Crippen LogP contribution is -2.21. The highest BCUT2D eigenvalue weighted by Crippen LogP contribution is 2.42. The monoisotopic (exact) mass is 624 g/mol. The van der Waals surface area contributed by atoms with Gasteiger partial charge >= 0.3 is 0 Å². The number of thioether (sulfide) groups is 1. The van der Waals surface area contributed by atoms with Crippen LogP contribution in [0.4, 0.5) is 0 Å². The molecule has 0 radical (unpaired) electrons. The van der Waals surface area contributed by atoms with Crippen LogP contribution in [0.3, 0.4) is 0 Å². The van der Waals surface area contributed by atoms with Crippen LogP contribution in [-0.2, 0) is 6.61 Å². The van der Waals surface area contributed by atoms with Crippen LogP contribution in [0.25, 0.3) is 34.0 Å². The molecule has 2 aromatic heterocycles. The Morgan fingerprint density at radius 3 is 2.40 bits per heavy atom. The predicted octanol–water partition coefficient (Wildman–Crippen LogP) is 6.25. The molecule has 0 aliphatic carbocycles. The van der Waals surface area contributed by atoms with Crippen molar-refractivity contribution in [2.75, 3.05) is 19.5 Å². The third-order valence-corrected chi connectivity index (χ3v) is 7.32. The van der Waals surface area contributed by atoms with Gasteiger partial charge in [0.05, 0.1) is 27.9 Å². The quantitative estimate of drug-likeness (QED) is 0.0888. The Morgan fingerprint density at radius 1 is 0.929 bits per heavy atom. The zero-order valence-electron chi connectivity index (χ0n) is 22.3. The Labute approximate surface area is 256 Å². The minimum atomic E-state index is -1.06. The number of aliphatic hydroxyl groups is 2. The van der Waals surface area contributed by atoms with Crippen molar-refractivity contribution in [3.63, 3.8) is 0 Å². The molecule has 0 saturated heterocycles. The Balaban J connectivity index is 1.59. The van der Waals surface area contributed by atoms with E-state index in [0.717, 1.165) is 10.3 Å². The molecule has 3 N–H and O–H groups in total. The summed E-state index contributed by atoms with van der Waals surface area (Å²) in [6.07, 6.45) is 2.43. The fourth-order valence-electron chi connectivity index (χ4n) is 4.15. The van der Waals surface area contributed by atoms with E-state index in [1.165, 1.54) is 23.9 Å². The van der Waals surface area contributed by atoms with Gasteiger partial charge < -0.3 is 24.9 Å². The van der Waals surface area contributed by atoms with Crippen molar-refractivity contribution < 1.29 is 24.9 Å². The van der Waals surface area contributed by atoms with Crippen LogP contribution in [0.15, 0.2) is 84.1 Å². The van der Waals surface area contributed by atoms with Gasteiger partial charge in [0.25, 0.3) is 0 Å². The van der Waals surface area contributed by atoms with Crippen molar-refractivity contribution in [1.29, 1.82) is 0 Å². The van der Waals surface area contributed by atoms with E-state index in [4.69, 9.17) is 42.8 Å². The number of hydrogen-bond donors (Lipinski definition) is 3. The van der Waals surface area contributed by atoms with E-state index in [0.29, 0.717) is 40.2 Å². The molecule has 1 atom stereocenters. The molecule has 2 heterocycles. The van der Waals surface area contributed by atoms with Gasteiger partial charge in [0.15, 0.2) is 11.0 Å². The van der Waals surface area contributed by atoms with Crippen molar-refractivity contribution in [3.05, 3.63) is 94.6 Å². The predicted molar refractivity (Wildman–Crippen MR) is 162 cm³/mol. The zero-order chi connectivity index (χ0) is 29.6. The third-order valence-electron chi connectivity index (χ3n) is 6.16. The molecule has 216 valence electrons. The molecule has 0 amide bonds. The lowest BCUT2D eigenvalue weighted by molar-refractivity contribution is 0.0536. The van der Waals surface area contributed by atoms with E-state index in [1.807, 2.05) is 60.9 Å². The molecule has 0 bridgehead atoms. The topological polar surface area (TPSA) is 123 Å². The minimum Gasteiger partial charge on any atom is -0.491 e. The smallest absolute Gasteiger partial charge is 0.187 e. The molecule has 0 saturated carbocycles. The number of benzene rings is 3. The second kappa shape index (κ2) is 13.5. The Morgan fingerprint density at radius 2 is 1.69 bits per heavy atom. The molecule has 0 aliphatic rings. The molecule has 0 aliphatic heterocycles. The molecule has 0 fully saturated rings. The van der Waals surface area contributed by atoms with Crippen LogP contribution in [0, 0.1) is 0 Å². The number of hydrogen-bond acceptors (Lipinski definition) is 9. The van der Waals surface area contributed by atoms with Crippen LogP contribution >= 0.6 is 35.0 Å². The normalized spacial score (nSPS) is 11.8. The van der Waals surface area contributed by atoms with Gasteiger partial charge in [-0.3, -0.25) is 0 Å². The summed E-state index contributed by atoms with van der Waals surface area (Å²) >= 11 is 14.6. The molecule has 5 aromatic rings. The number of nitrogens with zero attached hydrogens (tertiary/aromatic N) is 4. The maximum absolute atomic E-state index is 11.6. The second-order valence-electron chi connectivity index (χ2n) is 9.08. The summed E-state index contributed by atoms with van der Waals surface area (Å²) in [5.41, 5.74) is 3.11. The van der Waals surface area contributed by atoms with Crippen LogP contribution < -0.4 is 9.47 Å². The maximum Gasteiger partial charge on any atom is 0.187 e. The average molecular weight is 626 g/mol. The summed E-state index contributed by atoms with van der Waals surface area (Å²) in [6.45, 7) is -0.231. The number of aromatic nitrogens is 4. The van der Waals surface area contributed by atoms with Crippen LogP contribution in [-0.4, -0.2) is 60.7 Å². The van der Waals surface area contributed by atoms with Crippen LogP contribution in [0.5, 0.6) is 11.5 Å². The van der Waals surface area contributed by atoms with E-state index in [9.17, 15) is 10.3 Å². The Hall–Kier alpha value is -3.80. The van der Waals surface area contributed by atoms with E-state index < -0.39 is 12.7 Å². The summed E-state index contributed by atoms with van der Waals surface area (Å²) in [4.78, 5) is 13.6. The first-order chi connectivity index (χ1) is 20.4. The highest BCUT2D eigenvalue weighted by molar-refractivity contribution is 7.98. The highest BCUT2D eigenvalue weighted by Gasteiger charge is 2.26. The molecule has 12 heteroatoms. The zero-order valence-corrected chi connectivity index (χ0v) is 24.6. The largest absolute Gasteiger partial charge is 0.491 e. The molecular weight excluding hydrogens is 599 g/mol. The van der Waals surface area contributed by atoms with Crippen LogP contribution in [0.2, 0.25) is 10.0 Å². The fraction of sp³-hybridized carbons (Fsp3) is 0.167. The summed E-state index contributed by atoms with van der Waals surface area (Å²) in [6, 6.07) is 21.8. The van der Waals surface area contributed by atoms with Crippen molar-refractivity contribution in [2.45, 2.75) is 17.9 Å². The fourth-order valence-corrected chi connectivity index (χ4v) is 5.14. The first kappa shape index (κ1) is 29.7. The number of aliphatic hydroxyl groups excluding tert-OH is 2. The second-order valence-corrected chi connectivity index (χ2v) is 10.7. The van der Waals surface area contributed by atoms with Crippen LogP contribution in [0.1, 0.15) is 5.56 Å². The summed E-state index contributed by atoms with van der Waals surface area (Å²) in [7, 11) is 0. The van der Waals surface area contributed by atoms with E-state index in [1.54, 1.807) is 12.3 Å². The molecular formula is C30H26Cl2N4O5S.